The zero-order chi connectivity index (χ0) is 13.1. The number of hydrogen-bond acceptors (Lipinski definition) is 7. The summed E-state index contributed by atoms with van der Waals surface area (Å²) in [6.07, 6.45) is 6.42. The van der Waals surface area contributed by atoms with Crippen LogP contribution in [0.5, 0.6) is 0 Å². The molecule has 8 heteroatoms. The zero-order valence-electron chi connectivity index (χ0n) is 9.48. The first-order valence-corrected chi connectivity index (χ1v) is 7.01. The van der Waals surface area contributed by atoms with E-state index in [4.69, 9.17) is 0 Å². The second-order valence-corrected chi connectivity index (χ2v) is 5.17. The standard InChI is InChI=1S/C11H7N5OS2/c17-9(16-11-14-3-4-18-11)8-6-19-10(15-8)7-5-12-1-2-13-7/h1-6H,(H,14,16,17). The van der Waals surface area contributed by atoms with Gasteiger partial charge in [-0.15, -0.1) is 22.7 Å². The van der Waals surface area contributed by atoms with E-state index >= 15 is 0 Å². The van der Waals surface area contributed by atoms with Gasteiger partial charge < -0.3 is 0 Å². The molecule has 0 aliphatic rings. The summed E-state index contributed by atoms with van der Waals surface area (Å²) in [5, 5.41) is 7.38. The lowest BCUT2D eigenvalue weighted by Crippen LogP contribution is -2.11. The van der Waals surface area contributed by atoms with Crippen molar-refractivity contribution in [1.82, 2.24) is 19.9 Å². The van der Waals surface area contributed by atoms with Crippen LogP contribution in [0, 0.1) is 0 Å². The number of carbonyl (C=O) groups is 1. The number of rotatable bonds is 3. The Morgan fingerprint density at radius 3 is 2.84 bits per heavy atom. The Hall–Kier alpha value is -2.19. The van der Waals surface area contributed by atoms with Crippen LogP contribution >= 0.6 is 22.7 Å². The SMILES string of the molecule is O=C(Nc1nccs1)c1csc(-c2cnccn2)n1. The third-order valence-electron chi connectivity index (χ3n) is 2.17. The Labute approximate surface area is 116 Å². The van der Waals surface area contributed by atoms with Gasteiger partial charge in [0.25, 0.3) is 5.91 Å². The summed E-state index contributed by atoms with van der Waals surface area (Å²) in [4.78, 5) is 28.3. The molecule has 19 heavy (non-hydrogen) atoms. The predicted octanol–water partition coefficient (Wildman–Crippen LogP) is 2.31. The van der Waals surface area contributed by atoms with E-state index in [1.807, 2.05) is 0 Å². The highest BCUT2D eigenvalue weighted by molar-refractivity contribution is 7.14. The van der Waals surface area contributed by atoms with Crippen molar-refractivity contribution in [2.24, 2.45) is 0 Å². The molecule has 3 rings (SSSR count). The molecule has 0 aliphatic carbocycles. The summed E-state index contributed by atoms with van der Waals surface area (Å²) in [6.45, 7) is 0. The van der Waals surface area contributed by atoms with E-state index in [0.29, 0.717) is 21.5 Å². The van der Waals surface area contributed by atoms with E-state index in [1.54, 1.807) is 35.5 Å². The third kappa shape index (κ3) is 2.64. The minimum absolute atomic E-state index is 0.277. The van der Waals surface area contributed by atoms with E-state index in [1.165, 1.54) is 22.7 Å². The molecular weight excluding hydrogens is 282 g/mol. The average molecular weight is 289 g/mol. The summed E-state index contributed by atoms with van der Waals surface area (Å²) in [5.41, 5.74) is 1.00. The van der Waals surface area contributed by atoms with Crippen LogP contribution in [0.4, 0.5) is 5.13 Å². The van der Waals surface area contributed by atoms with Crippen molar-refractivity contribution in [2.75, 3.05) is 5.32 Å². The quantitative estimate of drug-likeness (QED) is 0.800. The Morgan fingerprint density at radius 1 is 1.16 bits per heavy atom. The van der Waals surface area contributed by atoms with Crippen LogP contribution in [0.2, 0.25) is 0 Å². The van der Waals surface area contributed by atoms with Crippen LogP contribution in [0.15, 0.2) is 35.5 Å². The van der Waals surface area contributed by atoms with E-state index in [-0.39, 0.29) is 5.91 Å². The molecule has 0 aromatic carbocycles. The minimum atomic E-state index is -0.277. The molecule has 0 spiro atoms. The van der Waals surface area contributed by atoms with E-state index < -0.39 is 0 Å². The lowest BCUT2D eigenvalue weighted by molar-refractivity contribution is 0.102. The van der Waals surface area contributed by atoms with Gasteiger partial charge in [0.1, 0.15) is 16.4 Å². The van der Waals surface area contributed by atoms with Crippen LogP contribution in [-0.4, -0.2) is 25.8 Å². The van der Waals surface area contributed by atoms with Gasteiger partial charge in [-0.25, -0.2) is 9.97 Å². The fourth-order valence-electron chi connectivity index (χ4n) is 1.35. The van der Waals surface area contributed by atoms with Gasteiger partial charge in [0.2, 0.25) is 0 Å². The van der Waals surface area contributed by atoms with Gasteiger partial charge in [-0.05, 0) is 0 Å². The summed E-state index contributed by atoms with van der Waals surface area (Å²) in [7, 11) is 0. The summed E-state index contributed by atoms with van der Waals surface area (Å²) in [5.74, 6) is -0.277. The molecule has 0 saturated carbocycles. The fraction of sp³-hybridized carbons (Fsp3) is 0. The van der Waals surface area contributed by atoms with Crippen LogP contribution in [-0.2, 0) is 0 Å². The second-order valence-electron chi connectivity index (χ2n) is 3.42. The second kappa shape index (κ2) is 5.21. The number of carbonyl (C=O) groups excluding carboxylic acids is 1. The van der Waals surface area contributed by atoms with Crippen LogP contribution < -0.4 is 5.32 Å². The van der Waals surface area contributed by atoms with Crippen molar-refractivity contribution in [3.05, 3.63) is 41.2 Å². The Kier molecular flexibility index (Phi) is 3.25. The first-order chi connectivity index (χ1) is 9.33. The highest BCUT2D eigenvalue weighted by Gasteiger charge is 2.13. The lowest BCUT2D eigenvalue weighted by atomic mass is 10.4. The number of nitrogens with zero attached hydrogens (tertiary/aromatic N) is 4. The summed E-state index contributed by atoms with van der Waals surface area (Å²) in [6, 6.07) is 0. The molecule has 0 fully saturated rings. The molecule has 0 bridgehead atoms. The molecule has 1 amide bonds. The number of hydrogen-bond donors (Lipinski definition) is 1. The number of anilines is 1. The number of aromatic nitrogens is 4. The number of amides is 1. The van der Waals surface area contributed by atoms with Gasteiger partial charge in [0.15, 0.2) is 5.13 Å². The molecule has 1 N–H and O–H groups in total. The average Bonchev–Trinajstić information content (AvgIpc) is 3.10. The molecule has 0 unspecified atom stereocenters. The van der Waals surface area contributed by atoms with Gasteiger partial charge in [-0.1, -0.05) is 0 Å². The normalized spacial score (nSPS) is 10.3. The van der Waals surface area contributed by atoms with Crippen molar-refractivity contribution in [3.8, 4) is 10.7 Å². The lowest BCUT2D eigenvalue weighted by Gasteiger charge is -1.97. The highest BCUT2D eigenvalue weighted by Crippen LogP contribution is 2.21. The zero-order valence-corrected chi connectivity index (χ0v) is 11.1. The molecule has 3 aromatic rings. The predicted molar refractivity (Wildman–Crippen MR) is 73.2 cm³/mol. The number of nitrogens with one attached hydrogen (secondary N) is 1. The number of thiazole rings is 2. The van der Waals surface area contributed by atoms with Gasteiger partial charge in [0.05, 0.1) is 6.20 Å². The summed E-state index contributed by atoms with van der Waals surface area (Å²) < 4.78 is 0. The molecule has 3 aromatic heterocycles. The Morgan fingerprint density at radius 2 is 2.11 bits per heavy atom. The molecule has 0 atom stereocenters. The van der Waals surface area contributed by atoms with Crippen molar-refractivity contribution in [3.63, 3.8) is 0 Å². The Balaban J connectivity index is 1.80. The van der Waals surface area contributed by atoms with Crippen molar-refractivity contribution in [1.29, 1.82) is 0 Å². The van der Waals surface area contributed by atoms with Crippen LogP contribution in [0.25, 0.3) is 10.7 Å². The topological polar surface area (TPSA) is 80.7 Å². The first-order valence-electron chi connectivity index (χ1n) is 5.26. The van der Waals surface area contributed by atoms with E-state index in [0.717, 1.165) is 0 Å². The van der Waals surface area contributed by atoms with Crippen LogP contribution in [0.3, 0.4) is 0 Å². The fourth-order valence-corrected chi connectivity index (χ4v) is 2.64. The molecule has 0 radical (unpaired) electrons. The minimum Gasteiger partial charge on any atom is -0.296 e. The van der Waals surface area contributed by atoms with Gasteiger partial charge in [-0.3, -0.25) is 20.1 Å². The maximum Gasteiger partial charge on any atom is 0.276 e. The van der Waals surface area contributed by atoms with Gasteiger partial charge in [0, 0.05) is 29.4 Å². The molecule has 0 aliphatic heterocycles. The maximum atomic E-state index is 11.9. The third-order valence-corrected chi connectivity index (χ3v) is 3.73. The molecule has 94 valence electrons. The molecule has 0 saturated heterocycles. The van der Waals surface area contributed by atoms with Gasteiger partial charge in [-0.2, -0.15) is 0 Å². The maximum absolute atomic E-state index is 11.9. The summed E-state index contributed by atoms with van der Waals surface area (Å²) >= 11 is 2.71. The monoisotopic (exact) mass is 289 g/mol. The van der Waals surface area contributed by atoms with Crippen molar-refractivity contribution < 1.29 is 4.79 Å². The molecular formula is C11H7N5OS2. The van der Waals surface area contributed by atoms with E-state index in [2.05, 4.69) is 25.3 Å². The van der Waals surface area contributed by atoms with Crippen LogP contribution in [0.1, 0.15) is 10.5 Å². The van der Waals surface area contributed by atoms with E-state index in [9.17, 15) is 4.79 Å². The Bertz CT molecular complexity index is 680. The molecule has 3 heterocycles. The van der Waals surface area contributed by atoms with Gasteiger partial charge >= 0.3 is 0 Å². The largest absolute Gasteiger partial charge is 0.296 e. The smallest absolute Gasteiger partial charge is 0.276 e. The van der Waals surface area contributed by atoms with Crippen molar-refractivity contribution in [2.45, 2.75) is 0 Å². The van der Waals surface area contributed by atoms with Crippen molar-refractivity contribution >= 4 is 33.7 Å². The first kappa shape index (κ1) is 11.9. The highest BCUT2D eigenvalue weighted by atomic mass is 32.1. The molecule has 6 nitrogen and oxygen atoms in total.